The molecule has 0 heterocycles. The molecule has 2 aromatic rings. The molecule has 112 valence electrons. The third-order valence-electron chi connectivity index (χ3n) is 3.54. The van der Waals surface area contributed by atoms with E-state index in [0.717, 1.165) is 30.1 Å². The molecule has 2 aromatic carbocycles. The Hall–Kier alpha value is -1.37. The Bertz CT molecular complexity index is 523. The van der Waals surface area contributed by atoms with Crippen LogP contribution in [0.4, 0.5) is 0 Å². The van der Waals surface area contributed by atoms with Crippen LogP contribution in [0.1, 0.15) is 19.8 Å². The summed E-state index contributed by atoms with van der Waals surface area (Å²) in [4.78, 5) is 0. The van der Waals surface area contributed by atoms with Crippen LogP contribution in [0.5, 0.6) is 0 Å². The van der Waals surface area contributed by atoms with Crippen molar-refractivity contribution in [1.82, 2.24) is 0 Å². The van der Waals surface area contributed by atoms with Gasteiger partial charge in [-0.1, -0.05) is 74.0 Å². The first-order chi connectivity index (χ1) is 10.3. The molecule has 3 heteroatoms. The molecule has 0 fully saturated rings. The van der Waals surface area contributed by atoms with Crippen molar-refractivity contribution >= 4 is 17.8 Å². The Morgan fingerprint density at radius 2 is 1.38 bits per heavy atom. The van der Waals surface area contributed by atoms with E-state index in [1.807, 2.05) is 60.7 Å². The number of unbranched alkanes of at least 4 members (excludes halogenated alkanes) is 1. The van der Waals surface area contributed by atoms with Gasteiger partial charge in [0.05, 0.1) is 6.61 Å². The quantitative estimate of drug-likeness (QED) is 0.547. The van der Waals surface area contributed by atoms with Gasteiger partial charge in [-0.3, -0.25) is 0 Å². The van der Waals surface area contributed by atoms with Crippen LogP contribution in [0, 0.1) is 0 Å². The van der Waals surface area contributed by atoms with E-state index in [9.17, 15) is 4.57 Å². The predicted octanol–water partition coefficient (Wildman–Crippen LogP) is 3.82. The normalized spacial score (nSPS) is 11.5. The molecule has 0 bridgehead atoms. The lowest BCUT2D eigenvalue weighted by molar-refractivity contribution is 0.146. The second-order valence-corrected chi connectivity index (χ2v) is 8.06. The van der Waals surface area contributed by atoms with Crippen molar-refractivity contribution in [3.63, 3.8) is 0 Å². The van der Waals surface area contributed by atoms with Gasteiger partial charge in [0, 0.05) is 23.4 Å². The average Bonchev–Trinajstić information content (AvgIpc) is 2.56. The second kappa shape index (κ2) is 8.17. The molecule has 0 saturated carbocycles. The Labute approximate surface area is 127 Å². The third-order valence-corrected chi connectivity index (χ3v) is 6.62. The van der Waals surface area contributed by atoms with E-state index < -0.39 is 7.14 Å². The first-order valence-electron chi connectivity index (χ1n) is 7.55. The van der Waals surface area contributed by atoms with E-state index in [1.54, 1.807) is 0 Å². The number of hydrogen-bond donors (Lipinski definition) is 0. The highest BCUT2D eigenvalue weighted by molar-refractivity contribution is 7.78. The van der Waals surface area contributed by atoms with Gasteiger partial charge in [-0.2, -0.15) is 0 Å². The largest absolute Gasteiger partial charge is 0.381 e. The molecule has 0 aliphatic rings. The molecule has 2 rings (SSSR count). The summed E-state index contributed by atoms with van der Waals surface area (Å²) in [6.07, 6.45) is 2.74. The Kier molecular flexibility index (Phi) is 6.22. The fraction of sp³-hybridized carbons (Fsp3) is 0.333. The van der Waals surface area contributed by atoms with Gasteiger partial charge < -0.3 is 9.30 Å². The van der Waals surface area contributed by atoms with Gasteiger partial charge >= 0.3 is 0 Å². The molecule has 0 aliphatic carbocycles. The van der Waals surface area contributed by atoms with Crippen LogP contribution in [0.3, 0.4) is 0 Å². The van der Waals surface area contributed by atoms with Crippen molar-refractivity contribution in [1.29, 1.82) is 0 Å². The van der Waals surface area contributed by atoms with Gasteiger partial charge in [0.2, 0.25) is 0 Å². The van der Waals surface area contributed by atoms with Crippen molar-refractivity contribution in [2.24, 2.45) is 0 Å². The average molecular weight is 302 g/mol. The van der Waals surface area contributed by atoms with Crippen molar-refractivity contribution in [2.75, 3.05) is 19.4 Å². The minimum Gasteiger partial charge on any atom is -0.381 e. The van der Waals surface area contributed by atoms with Crippen LogP contribution in [0.2, 0.25) is 0 Å². The van der Waals surface area contributed by atoms with Crippen molar-refractivity contribution in [2.45, 2.75) is 19.8 Å². The van der Waals surface area contributed by atoms with E-state index in [4.69, 9.17) is 4.74 Å². The van der Waals surface area contributed by atoms with Gasteiger partial charge in [-0.25, -0.2) is 0 Å². The summed E-state index contributed by atoms with van der Waals surface area (Å²) in [5.74, 6) is 0. The predicted molar refractivity (Wildman–Crippen MR) is 90.4 cm³/mol. The Balaban J connectivity index is 2.18. The van der Waals surface area contributed by atoms with Crippen LogP contribution in [0.15, 0.2) is 60.7 Å². The summed E-state index contributed by atoms with van der Waals surface area (Å²) in [5, 5.41) is 1.82. The zero-order valence-corrected chi connectivity index (χ0v) is 13.5. The van der Waals surface area contributed by atoms with E-state index in [0.29, 0.717) is 12.8 Å². The van der Waals surface area contributed by atoms with Crippen LogP contribution >= 0.6 is 7.14 Å². The topological polar surface area (TPSA) is 26.3 Å². The summed E-state index contributed by atoms with van der Waals surface area (Å²) in [7, 11) is -2.60. The van der Waals surface area contributed by atoms with Gasteiger partial charge in [0.25, 0.3) is 0 Å². The molecule has 0 aliphatic heterocycles. The van der Waals surface area contributed by atoms with E-state index in [-0.39, 0.29) is 0 Å². The molecular weight excluding hydrogens is 279 g/mol. The van der Waals surface area contributed by atoms with E-state index >= 15 is 0 Å². The maximum Gasteiger partial charge on any atom is 0.145 e. The number of rotatable bonds is 8. The minimum absolute atomic E-state index is 0.543. The van der Waals surface area contributed by atoms with Gasteiger partial charge in [-0.15, -0.1) is 0 Å². The molecular formula is C18H23O2P. The molecule has 0 amide bonds. The second-order valence-electron chi connectivity index (χ2n) is 5.10. The minimum atomic E-state index is -2.60. The molecule has 21 heavy (non-hydrogen) atoms. The van der Waals surface area contributed by atoms with Crippen LogP contribution in [-0.2, 0) is 9.30 Å². The molecule has 0 radical (unpaired) electrons. The highest BCUT2D eigenvalue weighted by atomic mass is 31.2. The summed E-state index contributed by atoms with van der Waals surface area (Å²) in [6.45, 7) is 3.43. The molecule has 0 N–H and O–H groups in total. The molecule has 0 aromatic heterocycles. The zero-order chi connectivity index (χ0) is 15.0. The maximum absolute atomic E-state index is 13.6. The van der Waals surface area contributed by atoms with Crippen LogP contribution < -0.4 is 10.6 Å². The number of ether oxygens (including phenoxy) is 1. The summed E-state index contributed by atoms with van der Waals surface area (Å²) in [6, 6.07) is 19.5. The molecule has 0 saturated heterocycles. The van der Waals surface area contributed by atoms with Gasteiger partial charge in [-0.05, 0) is 6.42 Å². The first kappa shape index (κ1) is 16.0. The molecule has 2 nitrogen and oxygen atoms in total. The smallest absolute Gasteiger partial charge is 0.145 e. The van der Waals surface area contributed by atoms with E-state index in [2.05, 4.69) is 6.92 Å². The summed E-state index contributed by atoms with van der Waals surface area (Å²) < 4.78 is 19.2. The molecule has 0 unspecified atom stereocenters. The third kappa shape index (κ3) is 4.30. The number of hydrogen-bond acceptors (Lipinski definition) is 2. The van der Waals surface area contributed by atoms with Gasteiger partial charge in [0.1, 0.15) is 7.14 Å². The SMILES string of the molecule is CCCCOCCP(=O)(c1ccccc1)c1ccccc1. The van der Waals surface area contributed by atoms with Crippen molar-refractivity contribution in [3.8, 4) is 0 Å². The standard InChI is InChI=1S/C18H23O2P/c1-2-3-14-20-15-16-21(19,17-10-6-4-7-11-17)18-12-8-5-9-13-18/h4-13H,2-3,14-16H2,1H3. The summed E-state index contributed by atoms with van der Waals surface area (Å²) in [5.41, 5.74) is 0. The highest BCUT2D eigenvalue weighted by Crippen LogP contribution is 2.42. The van der Waals surface area contributed by atoms with Gasteiger partial charge in [0.15, 0.2) is 0 Å². The lowest BCUT2D eigenvalue weighted by Crippen LogP contribution is -2.20. The fourth-order valence-electron chi connectivity index (χ4n) is 2.29. The monoisotopic (exact) mass is 302 g/mol. The maximum atomic E-state index is 13.6. The lowest BCUT2D eigenvalue weighted by Gasteiger charge is -2.19. The Morgan fingerprint density at radius 3 is 1.86 bits per heavy atom. The molecule has 0 atom stereocenters. The fourth-order valence-corrected chi connectivity index (χ4v) is 4.79. The van der Waals surface area contributed by atoms with Crippen molar-refractivity contribution < 1.29 is 9.30 Å². The summed E-state index contributed by atoms with van der Waals surface area (Å²) >= 11 is 0. The highest BCUT2D eigenvalue weighted by Gasteiger charge is 2.26. The Morgan fingerprint density at radius 1 is 0.857 bits per heavy atom. The first-order valence-corrected chi connectivity index (χ1v) is 9.44. The molecule has 0 spiro atoms. The van der Waals surface area contributed by atoms with Crippen LogP contribution in [0.25, 0.3) is 0 Å². The lowest BCUT2D eigenvalue weighted by atomic mass is 10.4. The van der Waals surface area contributed by atoms with Crippen molar-refractivity contribution in [3.05, 3.63) is 60.7 Å². The number of benzene rings is 2. The van der Waals surface area contributed by atoms with E-state index in [1.165, 1.54) is 0 Å². The zero-order valence-electron chi connectivity index (χ0n) is 12.6. The van der Waals surface area contributed by atoms with Crippen LogP contribution in [-0.4, -0.2) is 19.4 Å².